The molecule has 0 radical (unpaired) electrons. The van der Waals surface area contributed by atoms with Gasteiger partial charge in [-0.25, -0.2) is 4.79 Å². The molecule has 1 aliphatic rings. The molecule has 1 aromatic carbocycles. The standard InChI is InChI=1S/C16H18F3NO3/c17-16(18,19)12(11-6-2-1-3-7-11)10-13(21)20-15(14(22)23)8-4-5-9-15/h1-3,6-7,12H,4-5,8-10H2,(H,20,21)(H,22,23). The van der Waals surface area contributed by atoms with Gasteiger partial charge < -0.3 is 10.4 Å². The largest absolute Gasteiger partial charge is 0.480 e. The smallest absolute Gasteiger partial charge is 0.396 e. The van der Waals surface area contributed by atoms with Crippen molar-refractivity contribution in [2.75, 3.05) is 0 Å². The fourth-order valence-corrected chi connectivity index (χ4v) is 2.98. The van der Waals surface area contributed by atoms with E-state index in [1.165, 1.54) is 24.3 Å². The van der Waals surface area contributed by atoms with Crippen LogP contribution in [0.25, 0.3) is 0 Å². The third kappa shape index (κ3) is 4.03. The van der Waals surface area contributed by atoms with Crippen molar-refractivity contribution in [1.29, 1.82) is 0 Å². The third-order valence-electron chi connectivity index (χ3n) is 4.23. The normalized spacial score (nSPS) is 18.4. The highest BCUT2D eigenvalue weighted by Gasteiger charge is 2.46. The quantitative estimate of drug-likeness (QED) is 0.871. The van der Waals surface area contributed by atoms with Gasteiger partial charge in [-0.3, -0.25) is 4.79 Å². The molecule has 1 amide bonds. The van der Waals surface area contributed by atoms with E-state index in [2.05, 4.69) is 5.32 Å². The SMILES string of the molecule is O=C(CC(c1ccccc1)C(F)(F)F)NC1(C(=O)O)CCCC1. The zero-order valence-electron chi connectivity index (χ0n) is 12.4. The van der Waals surface area contributed by atoms with Crippen molar-refractivity contribution in [3.05, 3.63) is 35.9 Å². The fourth-order valence-electron chi connectivity index (χ4n) is 2.98. The Morgan fingerprint density at radius 2 is 1.74 bits per heavy atom. The Morgan fingerprint density at radius 1 is 1.17 bits per heavy atom. The number of amides is 1. The predicted molar refractivity (Wildman–Crippen MR) is 76.8 cm³/mol. The molecule has 1 unspecified atom stereocenters. The lowest BCUT2D eigenvalue weighted by Crippen LogP contribution is -2.53. The molecule has 0 heterocycles. The van der Waals surface area contributed by atoms with Gasteiger partial charge >= 0.3 is 12.1 Å². The number of rotatable bonds is 5. The van der Waals surface area contributed by atoms with E-state index in [9.17, 15) is 27.9 Å². The number of hydrogen-bond acceptors (Lipinski definition) is 2. The van der Waals surface area contributed by atoms with Gasteiger partial charge in [0.05, 0.1) is 5.92 Å². The number of carbonyl (C=O) groups excluding carboxylic acids is 1. The van der Waals surface area contributed by atoms with Crippen molar-refractivity contribution in [3.63, 3.8) is 0 Å². The molecule has 0 aliphatic heterocycles. The van der Waals surface area contributed by atoms with E-state index in [0.717, 1.165) is 0 Å². The number of alkyl halides is 3. The second-order valence-corrected chi connectivity index (χ2v) is 5.85. The molecule has 0 bridgehead atoms. The van der Waals surface area contributed by atoms with Crippen molar-refractivity contribution in [1.82, 2.24) is 5.32 Å². The van der Waals surface area contributed by atoms with E-state index >= 15 is 0 Å². The van der Waals surface area contributed by atoms with Crippen LogP contribution in [0.2, 0.25) is 0 Å². The van der Waals surface area contributed by atoms with Crippen LogP contribution in [0.4, 0.5) is 13.2 Å². The molecule has 7 heteroatoms. The van der Waals surface area contributed by atoms with Gasteiger partial charge in [-0.05, 0) is 18.4 Å². The fraction of sp³-hybridized carbons (Fsp3) is 0.500. The molecule has 0 saturated heterocycles. The molecule has 1 atom stereocenters. The van der Waals surface area contributed by atoms with Gasteiger partial charge in [-0.2, -0.15) is 13.2 Å². The zero-order chi connectivity index (χ0) is 17.1. The van der Waals surface area contributed by atoms with Gasteiger partial charge in [0.2, 0.25) is 5.91 Å². The van der Waals surface area contributed by atoms with E-state index in [1.54, 1.807) is 6.07 Å². The highest BCUT2D eigenvalue weighted by molar-refractivity contribution is 5.87. The minimum Gasteiger partial charge on any atom is -0.480 e. The molecule has 2 rings (SSSR count). The third-order valence-corrected chi connectivity index (χ3v) is 4.23. The molecule has 23 heavy (non-hydrogen) atoms. The maximum Gasteiger partial charge on any atom is 0.396 e. The Balaban J connectivity index is 2.14. The van der Waals surface area contributed by atoms with Crippen LogP contribution in [0.15, 0.2) is 30.3 Å². The summed E-state index contributed by atoms with van der Waals surface area (Å²) < 4.78 is 39.7. The van der Waals surface area contributed by atoms with Crippen LogP contribution in [0, 0.1) is 0 Å². The maximum absolute atomic E-state index is 13.2. The van der Waals surface area contributed by atoms with Gasteiger partial charge in [0.1, 0.15) is 5.54 Å². The summed E-state index contributed by atoms with van der Waals surface area (Å²) in [6.45, 7) is 0. The molecular formula is C16H18F3NO3. The molecule has 0 aromatic heterocycles. The number of aliphatic carboxylic acids is 1. The van der Waals surface area contributed by atoms with E-state index in [-0.39, 0.29) is 18.4 Å². The van der Waals surface area contributed by atoms with Gasteiger partial charge in [-0.1, -0.05) is 43.2 Å². The zero-order valence-corrected chi connectivity index (χ0v) is 12.4. The molecule has 1 aromatic rings. The van der Waals surface area contributed by atoms with Gasteiger partial charge in [0.15, 0.2) is 0 Å². The topological polar surface area (TPSA) is 66.4 Å². The lowest BCUT2D eigenvalue weighted by Gasteiger charge is -2.27. The summed E-state index contributed by atoms with van der Waals surface area (Å²) in [6, 6.07) is 7.17. The van der Waals surface area contributed by atoms with Gasteiger partial charge in [0.25, 0.3) is 0 Å². The van der Waals surface area contributed by atoms with Crippen LogP contribution >= 0.6 is 0 Å². The number of carbonyl (C=O) groups is 2. The highest BCUT2D eigenvalue weighted by Crippen LogP contribution is 2.38. The molecule has 1 saturated carbocycles. The van der Waals surface area contributed by atoms with E-state index in [0.29, 0.717) is 12.8 Å². The van der Waals surface area contributed by atoms with Gasteiger partial charge in [-0.15, -0.1) is 0 Å². The molecular weight excluding hydrogens is 311 g/mol. The summed E-state index contributed by atoms with van der Waals surface area (Å²) >= 11 is 0. The molecule has 1 aliphatic carbocycles. The monoisotopic (exact) mass is 329 g/mol. The first-order chi connectivity index (χ1) is 10.7. The van der Waals surface area contributed by atoms with Crippen molar-refractivity contribution in [3.8, 4) is 0 Å². The highest BCUT2D eigenvalue weighted by atomic mass is 19.4. The number of benzene rings is 1. The molecule has 126 valence electrons. The Kier molecular flexibility index (Phi) is 4.97. The van der Waals surface area contributed by atoms with E-state index in [1.807, 2.05) is 0 Å². The number of hydrogen-bond donors (Lipinski definition) is 2. The molecule has 2 N–H and O–H groups in total. The summed E-state index contributed by atoms with van der Waals surface area (Å²) in [4.78, 5) is 23.4. The first-order valence-electron chi connectivity index (χ1n) is 7.41. The van der Waals surface area contributed by atoms with Crippen LogP contribution < -0.4 is 5.32 Å². The van der Waals surface area contributed by atoms with Crippen molar-refractivity contribution in [2.24, 2.45) is 0 Å². The lowest BCUT2D eigenvalue weighted by molar-refractivity contribution is -0.159. The Morgan fingerprint density at radius 3 is 2.22 bits per heavy atom. The first-order valence-corrected chi connectivity index (χ1v) is 7.41. The predicted octanol–water partition coefficient (Wildman–Crippen LogP) is 3.24. The van der Waals surface area contributed by atoms with Crippen LogP contribution in [0.3, 0.4) is 0 Å². The van der Waals surface area contributed by atoms with Crippen molar-refractivity contribution < 1.29 is 27.9 Å². The van der Waals surface area contributed by atoms with Crippen molar-refractivity contribution >= 4 is 11.9 Å². The minimum absolute atomic E-state index is 0.00838. The van der Waals surface area contributed by atoms with Crippen LogP contribution in [-0.2, 0) is 9.59 Å². The second-order valence-electron chi connectivity index (χ2n) is 5.85. The van der Waals surface area contributed by atoms with Crippen LogP contribution in [0.5, 0.6) is 0 Å². The first kappa shape index (κ1) is 17.3. The summed E-state index contributed by atoms with van der Waals surface area (Å²) in [7, 11) is 0. The summed E-state index contributed by atoms with van der Waals surface area (Å²) in [6.07, 6.45) is -3.64. The minimum atomic E-state index is -4.58. The van der Waals surface area contributed by atoms with E-state index in [4.69, 9.17) is 0 Å². The number of carboxylic acid groups (broad SMARTS) is 1. The lowest BCUT2D eigenvalue weighted by atomic mass is 9.92. The average molecular weight is 329 g/mol. The summed E-state index contributed by atoms with van der Waals surface area (Å²) in [5.41, 5.74) is -1.44. The second kappa shape index (κ2) is 6.60. The Labute approximate surface area is 131 Å². The number of halogens is 3. The number of carboxylic acids is 1. The Bertz CT molecular complexity index is 566. The Hall–Kier alpha value is -2.05. The van der Waals surface area contributed by atoms with Gasteiger partial charge in [0, 0.05) is 6.42 Å². The van der Waals surface area contributed by atoms with Crippen LogP contribution in [0.1, 0.15) is 43.6 Å². The maximum atomic E-state index is 13.2. The average Bonchev–Trinajstić information content (AvgIpc) is 2.94. The van der Waals surface area contributed by atoms with E-state index < -0.39 is 35.9 Å². The molecule has 0 spiro atoms. The summed E-state index contributed by atoms with van der Waals surface area (Å²) in [5.74, 6) is -4.02. The summed E-state index contributed by atoms with van der Waals surface area (Å²) in [5, 5.41) is 11.6. The number of nitrogens with one attached hydrogen (secondary N) is 1. The molecule has 4 nitrogen and oxygen atoms in total. The van der Waals surface area contributed by atoms with Crippen LogP contribution in [-0.4, -0.2) is 28.7 Å². The van der Waals surface area contributed by atoms with Crippen molar-refractivity contribution in [2.45, 2.75) is 49.7 Å². The molecule has 1 fully saturated rings.